The van der Waals surface area contributed by atoms with Gasteiger partial charge in [-0.1, -0.05) is 6.07 Å². The van der Waals surface area contributed by atoms with E-state index in [1.165, 1.54) is 0 Å². The molecule has 1 atom stereocenters. The molecule has 1 aromatic rings. The Kier molecular flexibility index (Phi) is 3.43. The highest BCUT2D eigenvalue weighted by Crippen LogP contribution is 2.33. The molecule has 0 fully saturated rings. The van der Waals surface area contributed by atoms with Crippen LogP contribution in [0.25, 0.3) is 0 Å². The third-order valence-corrected chi connectivity index (χ3v) is 3.45. The molecule has 0 spiro atoms. The summed E-state index contributed by atoms with van der Waals surface area (Å²) in [5.41, 5.74) is 5.80. The molecule has 5 nitrogen and oxygen atoms in total. The second kappa shape index (κ2) is 4.86. The van der Waals surface area contributed by atoms with Gasteiger partial charge in [-0.15, -0.1) is 0 Å². The number of hydrogen-bond acceptors (Lipinski definition) is 4. The lowest BCUT2D eigenvalue weighted by molar-refractivity contribution is -0.123. The van der Waals surface area contributed by atoms with Crippen molar-refractivity contribution in [2.75, 3.05) is 13.8 Å². The monoisotopic (exact) mass is 250 g/mol. The molecule has 98 valence electrons. The van der Waals surface area contributed by atoms with Gasteiger partial charge in [0.2, 0.25) is 12.7 Å². The summed E-state index contributed by atoms with van der Waals surface area (Å²) in [6, 6.07) is 5.81. The number of likely N-dealkylation sites (N-methyl/N-ethyl adjacent to an activating group) is 1. The molecule has 0 radical (unpaired) electrons. The normalized spacial score (nSPS) is 16.3. The lowest BCUT2D eigenvalue weighted by Crippen LogP contribution is -2.51. The van der Waals surface area contributed by atoms with Crippen molar-refractivity contribution in [2.45, 2.75) is 25.3 Å². The summed E-state index contributed by atoms with van der Waals surface area (Å²) in [5, 5.41) is 2.97. The molecule has 18 heavy (non-hydrogen) atoms. The third-order valence-electron chi connectivity index (χ3n) is 3.45. The molecule has 0 saturated heterocycles. The highest BCUT2D eigenvalue weighted by atomic mass is 16.7. The van der Waals surface area contributed by atoms with Crippen molar-refractivity contribution in [3.05, 3.63) is 23.8 Å². The Hall–Kier alpha value is -1.75. The molecule has 1 aliphatic rings. The van der Waals surface area contributed by atoms with Crippen molar-refractivity contribution in [1.29, 1.82) is 0 Å². The van der Waals surface area contributed by atoms with Crippen molar-refractivity contribution in [1.82, 2.24) is 5.32 Å². The van der Waals surface area contributed by atoms with Gasteiger partial charge in [-0.25, -0.2) is 0 Å². The number of rotatable bonds is 5. The zero-order valence-electron chi connectivity index (χ0n) is 10.7. The first-order valence-electron chi connectivity index (χ1n) is 5.92. The van der Waals surface area contributed by atoms with Gasteiger partial charge in [0.1, 0.15) is 0 Å². The molecule has 1 heterocycles. The van der Waals surface area contributed by atoms with Gasteiger partial charge in [0.15, 0.2) is 11.5 Å². The van der Waals surface area contributed by atoms with Crippen LogP contribution in [0.4, 0.5) is 0 Å². The Morgan fingerprint density at radius 1 is 1.44 bits per heavy atom. The molecular formula is C13H18N2O3. The minimum Gasteiger partial charge on any atom is -0.454 e. The van der Waals surface area contributed by atoms with Crippen LogP contribution >= 0.6 is 0 Å². The second-order valence-corrected chi connectivity index (χ2v) is 4.63. The predicted molar refractivity (Wildman–Crippen MR) is 67.5 cm³/mol. The summed E-state index contributed by atoms with van der Waals surface area (Å²) in [7, 11) is 1.74. The van der Waals surface area contributed by atoms with Crippen LogP contribution < -0.4 is 20.5 Å². The number of primary amides is 1. The van der Waals surface area contributed by atoms with Gasteiger partial charge >= 0.3 is 0 Å². The molecule has 5 heteroatoms. The molecule has 0 aromatic heterocycles. The van der Waals surface area contributed by atoms with Crippen LogP contribution in [0.1, 0.15) is 18.9 Å². The van der Waals surface area contributed by atoms with Crippen LogP contribution in [-0.4, -0.2) is 25.3 Å². The van der Waals surface area contributed by atoms with Crippen molar-refractivity contribution in [2.24, 2.45) is 5.73 Å². The van der Waals surface area contributed by atoms with Gasteiger partial charge in [-0.05, 0) is 44.5 Å². The fourth-order valence-corrected chi connectivity index (χ4v) is 1.86. The smallest absolute Gasteiger partial charge is 0.237 e. The van der Waals surface area contributed by atoms with E-state index in [1.807, 2.05) is 25.1 Å². The standard InChI is InChI=1S/C13H18N2O3/c1-13(15-2,12(14)16)6-5-9-3-4-10-11(7-9)18-8-17-10/h3-4,7,15H,5-6,8H2,1-2H3,(H2,14,16). The lowest BCUT2D eigenvalue weighted by Gasteiger charge is -2.25. The molecule has 1 unspecified atom stereocenters. The number of hydrogen-bond donors (Lipinski definition) is 2. The summed E-state index contributed by atoms with van der Waals surface area (Å²) < 4.78 is 10.6. The summed E-state index contributed by atoms with van der Waals surface area (Å²) in [4.78, 5) is 11.4. The Morgan fingerprint density at radius 3 is 2.83 bits per heavy atom. The maximum absolute atomic E-state index is 11.4. The number of carbonyl (C=O) groups excluding carboxylic acids is 1. The summed E-state index contributed by atoms with van der Waals surface area (Å²) in [6.07, 6.45) is 1.38. The number of carbonyl (C=O) groups is 1. The summed E-state index contributed by atoms with van der Waals surface area (Å²) in [6.45, 7) is 2.08. The number of ether oxygens (including phenoxy) is 2. The molecule has 2 rings (SSSR count). The van der Waals surface area contributed by atoms with Crippen molar-refractivity contribution >= 4 is 5.91 Å². The molecular weight excluding hydrogens is 232 g/mol. The van der Waals surface area contributed by atoms with E-state index in [4.69, 9.17) is 15.2 Å². The first-order valence-corrected chi connectivity index (χ1v) is 5.92. The number of aryl methyl sites for hydroxylation is 1. The third kappa shape index (κ3) is 2.41. The highest BCUT2D eigenvalue weighted by Gasteiger charge is 2.28. The van der Waals surface area contributed by atoms with Crippen molar-refractivity contribution in [3.63, 3.8) is 0 Å². The van der Waals surface area contributed by atoms with E-state index >= 15 is 0 Å². The number of nitrogens with two attached hydrogens (primary N) is 1. The van der Waals surface area contributed by atoms with E-state index in [0.717, 1.165) is 23.5 Å². The topological polar surface area (TPSA) is 73.6 Å². The number of benzene rings is 1. The van der Waals surface area contributed by atoms with Crippen LogP contribution in [0.15, 0.2) is 18.2 Å². The zero-order chi connectivity index (χ0) is 13.2. The molecule has 1 aromatic carbocycles. The molecule has 0 bridgehead atoms. The summed E-state index contributed by atoms with van der Waals surface area (Å²) >= 11 is 0. The minimum absolute atomic E-state index is 0.272. The van der Waals surface area contributed by atoms with Crippen LogP contribution in [0.3, 0.4) is 0 Å². The van der Waals surface area contributed by atoms with E-state index < -0.39 is 5.54 Å². The highest BCUT2D eigenvalue weighted by molar-refractivity contribution is 5.84. The first-order chi connectivity index (χ1) is 8.55. The van der Waals surface area contributed by atoms with Gasteiger partial charge in [0.05, 0.1) is 5.54 Å². The Morgan fingerprint density at radius 2 is 2.17 bits per heavy atom. The predicted octanol–water partition coefficient (Wildman–Crippen LogP) is 0.811. The van der Waals surface area contributed by atoms with E-state index in [1.54, 1.807) is 7.05 Å². The number of nitrogens with one attached hydrogen (secondary N) is 1. The average Bonchev–Trinajstić information content (AvgIpc) is 2.82. The van der Waals surface area contributed by atoms with Crippen LogP contribution in [0.2, 0.25) is 0 Å². The minimum atomic E-state index is -0.684. The van der Waals surface area contributed by atoms with Gasteiger partial charge in [-0.2, -0.15) is 0 Å². The van der Waals surface area contributed by atoms with Gasteiger partial charge in [-0.3, -0.25) is 4.79 Å². The zero-order valence-corrected chi connectivity index (χ0v) is 10.7. The van der Waals surface area contributed by atoms with Crippen molar-refractivity contribution in [3.8, 4) is 11.5 Å². The maximum atomic E-state index is 11.4. The van der Waals surface area contributed by atoms with E-state index in [0.29, 0.717) is 6.42 Å². The number of amides is 1. The fraction of sp³-hybridized carbons (Fsp3) is 0.462. The molecule has 0 saturated carbocycles. The largest absolute Gasteiger partial charge is 0.454 e. The average molecular weight is 250 g/mol. The molecule has 3 N–H and O–H groups in total. The molecule has 1 aliphatic heterocycles. The van der Waals surface area contributed by atoms with E-state index in [9.17, 15) is 4.79 Å². The Balaban J connectivity index is 2.04. The SMILES string of the molecule is CNC(C)(CCc1ccc2c(c1)OCO2)C(N)=O. The second-order valence-electron chi connectivity index (χ2n) is 4.63. The van der Waals surface area contributed by atoms with Crippen LogP contribution in [0, 0.1) is 0 Å². The number of fused-ring (bicyclic) bond motifs is 1. The molecule has 1 amide bonds. The van der Waals surface area contributed by atoms with Crippen LogP contribution in [0.5, 0.6) is 11.5 Å². The fourth-order valence-electron chi connectivity index (χ4n) is 1.86. The van der Waals surface area contributed by atoms with Gasteiger partial charge in [0, 0.05) is 0 Å². The van der Waals surface area contributed by atoms with E-state index in [2.05, 4.69) is 5.32 Å². The molecule has 0 aliphatic carbocycles. The van der Waals surface area contributed by atoms with E-state index in [-0.39, 0.29) is 12.7 Å². The van der Waals surface area contributed by atoms with Crippen molar-refractivity contribution < 1.29 is 14.3 Å². The maximum Gasteiger partial charge on any atom is 0.237 e. The Bertz CT molecular complexity index is 462. The quantitative estimate of drug-likeness (QED) is 0.811. The van der Waals surface area contributed by atoms with Gasteiger partial charge < -0.3 is 20.5 Å². The lowest BCUT2D eigenvalue weighted by atomic mass is 9.92. The summed E-state index contributed by atoms with van der Waals surface area (Å²) in [5.74, 6) is 1.19. The Labute approximate surface area is 106 Å². The van der Waals surface area contributed by atoms with Crippen LogP contribution in [-0.2, 0) is 11.2 Å². The first kappa shape index (κ1) is 12.7. The van der Waals surface area contributed by atoms with Gasteiger partial charge in [0.25, 0.3) is 0 Å².